The molecule has 1 aliphatic rings. The highest BCUT2D eigenvalue weighted by Gasteiger charge is 2.33. The van der Waals surface area contributed by atoms with Crippen molar-refractivity contribution in [3.8, 4) is 0 Å². The quantitative estimate of drug-likeness (QED) is 0.783. The first-order valence-corrected chi connectivity index (χ1v) is 10.1. The molecule has 0 radical (unpaired) electrons. The van der Waals surface area contributed by atoms with Gasteiger partial charge in [0.1, 0.15) is 0 Å². The number of nitrogens with zero attached hydrogens (tertiary/aromatic N) is 3. The summed E-state index contributed by atoms with van der Waals surface area (Å²) < 4.78 is 28.1. The van der Waals surface area contributed by atoms with Crippen molar-refractivity contribution >= 4 is 27.4 Å². The molecule has 1 aromatic carbocycles. The Kier molecular flexibility index (Phi) is 5.43. The Labute approximate surface area is 158 Å². The van der Waals surface area contributed by atoms with Crippen molar-refractivity contribution in [3.63, 3.8) is 0 Å². The molecule has 3 rings (SSSR count). The van der Waals surface area contributed by atoms with Gasteiger partial charge in [0.2, 0.25) is 5.91 Å². The Morgan fingerprint density at radius 2 is 1.93 bits per heavy atom. The highest BCUT2D eigenvalue weighted by molar-refractivity contribution is 7.89. The standard InChI is InChI=1S/C18H22N4O4S/c1-13(23)15-4-3-5-16(10-15)20-18(24)14-6-8-22(9-7-14)27(25,26)17-11-21(2)12-19-17/h3-5,10-12,14H,6-9H2,1-2H3,(H,20,24). The van der Waals surface area contributed by atoms with E-state index < -0.39 is 10.0 Å². The van der Waals surface area contributed by atoms with E-state index >= 15 is 0 Å². The molecule has 1 N–H and O–H groups in total. The maximum atomic E-state index is 12.6. The zero-order chi connectivity index (χ0) is 19.6. The van der Waals surface area contributed by atoms with Crippen molar-refractivity contribution in [3.05, 3.63) is 42.4 Å². The summed E-state index contributed by atoms with van der Waals surface area (Å²) in [7, 11) is -1.92. The number of rotatable bonds is 5. The molecule has 27 heavy (non-hydrogen) atoms. The molecule has 0 unspecified atom stereocenters. The third kappa shape index (κ3) is 4.25. The van der Waals surface area contributed by atoms with Crippen LogP contribution in [0, 0.1) is 5.92 Å². The van der Waals surface area contributed by atoms with Gasteiger partial charge in [0.05, 0.1) is 6.33 Å². The van der Waals surface area contributed by atoms with Crippen LogP contribution in [0.2, 0.25) is 0 Å². The minimum absolute atomic E-state index is 0.0222. The van der Waals surface area contributed by atoms with Gasteiger partial charge in [-0.3, -0.25) is 9.59 Å². The summed E-state index contributed by atoms with van der Waals surface area (Å²) >= 11 is 0. The number of hydrogen-bond donors (Lipinski definition) is 1. The first kappa shape index (κ1) is 19.2. The Hall–Kier alpha value is -2.52. The molecule has 0 saturated carbocycles. The molecule has 0 spiro atoms. The lowest BCUT2D eigenvalue weighted by Crippen LogP contribution is -2.41. The summed E-state index contributed by atoms with van der Waals surface area (Å²) in [5.41, 5.74) is 1.10. The Morgan fingerprint density at radius 3 is 2.52 bits per heavy atom. The number of nitrogens with one attached hydrogen (secondary N) is 1. The highest BCUT2D eigenvalue weighted by Crippen LogP contribution is 2.24. The van der Waals surface area contributed by atoms with E-state index in [0.717, 1.165) is 0 Å². The fourth-order valence-corrected chi connectivity index (χ4v) is 4.51. The van der Waals surface area contributed by atoms with E-state index in [-0.39, 0.29) is 35.7 Å². The van der Waals surface area contributed by atoms with Gasteiger partial charge in [0.25, 0.3) is 10.0 Å². The number of aryl methyl sites for hydroxylation is 1. The Balaban J connectivity index is 1.61. The molecule has 1 saturated heterocycles. The van der Waals surface area contributed by atoms with Crippen LogP contribution in [0.3, 0.4) is 0 Å². The molecule has 1 aliphatic heterocycles. The molecule has 1 fully saturated rings. The smallest absolute Gasteiger partial charge is 0.262 e. The number of sulfonamides is 1. The van der Waals surface area contributed by atoms with Crippen LogP contribution < -0.4 is 5.32 Å². The number of aromatic nitrogens is 2. The number of anilines is 1. The second-order valence-corrected chi connectivity index (χ2v) is 8.57. The van der Waals surface area contributed by atoms with E-state index in [2.05, 4.69) is 10.3 Å². The first-order chi connectivity index (χ1) is 12.8. The predicted molar refractivity (Wildman–Crippen MR) is 99.8 cm³/mol. The number of hydrogen-bond acceptors (Lipinski definition) is 5. The summed E-state index contributed by atoms with van der Waals surface area (Å²) in [6, 6.07) is 6.78. The van der Waals surface area contributed by atoms with E-state index in [4.69, 9.17) is 0 Å². The second-order valence-electron chi connectivity index (χ2n) is 6.68. The first-order valence-electron chi connectivity index (χ1n) is 8.67. The van der Waals surface area contributed by atoms with E-state index in [1.54, 1.807) is 35.9 Å². The van der Waals surface area contributed by atoms with Crippen molar-refractivity contribution in [2.45, 2.75) is 24.8 Å². The van der Waals surface area contributed by atoms with Gasteiger partial charge in [0, 0.05) is 43.5 Å². The average molecular weight is 390 g/mol. The molecular weight excluding hydrogens is 368 g/mol. The van der Waals surface area contributed by atoms with Crippen molar-refractivity contribution in [1.29, 1.82) is 0 Å². The van der Waals surface area contributed by atoms with Gasteiger partial charge in [-0.2, -0.15) is 4.31 Å². The van der Waals surface area contributed by atoms with Gasteiger partial charge >= 0.3 is 0 Å². The van der Waals surface area contributed by atoms with Gasteiger partial charge in [-0.05, 0) is 31.9 Å². The van der Waals surface area contributed by atoms with Crippen LogP contribution in [0.4, 0.5) is 5.69 Å². The van der Waals surface area contributed by atoms with Crippen LogP contribution >= 0.6 is 0 Å². The van der Waals surface area contributed by atoms with Crippen molar-refractivity contribution in [2.24, 2.45) is 13.0 Å². The lowest BCUT2D eigenvalue weighted by atomic mass is 9.97. The van der Waals surface area contributed by atoms with Gasteiger partial charge in [-0.25, -0.2) is 13.4 Å². The zero-order valence-corrected chi connectivity index (χ0v) is 16.1. The van der Waals surface area contributed by atoms with Crippen LogP contribution in [0.5, 0.6) is 0 Å². The number of Topliss-reactive ketones (excluding diaryl/α,β-unsaturated/α-hetero) is 1. The number of ketones is 1. The molecule has 144 valence electrons. The van der Waals surface area contributed by atoms with E-state index in [9.17, 15) is 18.0 Å². The number of piperidine rings is 1. The largest absolute Gasteiger partial charge is 0.339 e. The predicted octanol–water partition coefficient (Wildman–Crippen LogP) is 1.66. The molecule has 2 heterocycles. The molecule has 8 nitrogen and oxygen atoms in total. The molecule has 1 amide bonds. The maximum absolute atomic E-state index is 12.6. The number of amides is 1. The topological polar surface area (TPSA) is 101 Å². The molecule has 1 aromatic heterocycles. The fourth-order valence-electron chi connectivity index (χ4n) is 3.07. The minimum atomic E-state index is -3.63. The van der Waals surface area contributed by atoms with Gasteiger partial charge < -0.3 is 9.88 Å². The highest BCUT2D eigenvalue weighted by atomic mass is 32.2. The van der Waals surface area contributed by atoms with Gasteiger partial charge in [0.15, 0.2) is 10.8 Å². The van der Waals surface area contributed by atoms with Crippen LogP contribution in [0.15, 0.2) is 41.8 Å². The molecule has 0 aliphatic carbocycles. The van der Waals surface area contributed by atoms with Crippen LogP contribution in [-0.4, -0.2) is 47.1 Å². The fraction of sp³-hybridized carbons (Fsp3) is 0.389. The maximum Gasteiger partial charge on any atom is 0.262 e. The average Bonchev–Trinajstić information content (AvgIpc) is 3.09. The number of carbonyl (C=O) groups is 2. The van der Waals surface area contributed by atoms with Crippen LogP contribution in [0.25, 0.3) is 0 Å². The molecular formula is C18H22N4O4S. The van der Waals surface area contributed by atoms with E-state index in [1.165, 1.54) is 23.8 Å². The van der Waals surface area contributed by atoms with Crippen molar-refractivity contribution < 1.29 is 18.0 Å². The minimum Gasteiger partial charge on any atom is -0.339 e. The molecule has 2 aromatic rings. The number of benzene rings is 1. The summed E-state index contributed by atoms with van der Waals surface area (Å²) in [4.78, 5) is 27.9. The van der Waals surface area contributed by atoms with Crippen LogP contribution in [-0.2, 0) is 21.9 Å². The third-order valence-electron chi connectivity index (χ3n) is 4.65. The summed E-state index contributed by atoms with van der Waals surface area (Å²) in [6.45, 7) is 2.01. The van der Waals surface area contributed by atoms with Crippen LogP contribution in [0.1, 0.15) is 30.1 Å². The summed E-state index contributed by atoms with van der Waals surface area (Å²) in [5.74, 6) is -0.508. The third-order valence-corrected chi connectivity index (χ3v) is 6.43. The molecule has 0 bridgehead atoms. The second kappa shape index (κ2) is 7.61. The normalized spacial score (nSPS) is 16.2. The lowest BCUT2D eigenvalue weighted by molar-refractivity contribution is -0.120. The van der Waals surface area contributed by atoms with Crippen molar-refractivity contribution in [2.75, 3.05) is 18.4 Å². The Morgan fingerprint density at radius 1 is 1.22 bits per heavy atom. The van der Waals surface area contributed by atoms with Crippen molar-refractivity contribution in [1.82, 2.24) is 13.9 Å². The van der Waals surface area contributed by atoms with Gasteiger partial charge in [-0.1, -0.05) is 12.1 Å². The van der Waals surface area contributed by atoms with Gasteiger partial charge in [-0.15, -0.1) is 0 Å². The Bertz CT molecular complexity index is 959. The van der Waals surface area contributed by atoms with E-state index in [1.807, 2.05) is 0 Å². The SMILES string of the molecule is CC(=O)c1cccc(NC(=O)C2CCN(S(=O)(=O)c3cn(C)cn3)CC2)c1. The number of imidazole rings is 1. The summed E-state index contributed by atoms with van der Waals surface area (Å²) in [6.07, 6.45) is 3.78. The number of carbonyl (C=O) groups excluding carboxylic acids is 2. The lowest BCUT2D eigenvalue weighted by Gasteiger charge is -2.29. The molecule has 9 heteroatoms. The molecule has 0 atom stereocenters. The zero-order valence-electron chi connectivity index (χ0n) is 15.3. The van der Waals surface area contributed by atoms with E-state index in [0.29, 0.717) is 24.1 Å². The monoisotopic (exact) mass is 390 g/mol. The summed E-state index contributed by atoms with van der Waals surface area (Å²) in [5, 5.41) is 2.84.